The van der Waals surface area contributed by atoms with E-state index in [0.29, 0.717) is 6.07 Å². The Bertz CT molecular complexity index is 616. The van der Waals surface area contributed by atoms with Gasteiger partial charge >= 0.3 is 0 Å². The second kappa shape index (κ2) is 5.61. The Hall–Kier alpha value is -1.56. The minimum atomic E-state index is -0.789. The van der Waals surface area contributed by atoms with Crippen molar-refractivity contribution in [2.45, 2.75) is 6.54 Å². The SMILES string of the molecule is Fc1ccc(CNc2cc(Br)c(F)cc2F)c(F)c1. The summed E-state index contributed by atoms with van der Waals surface area (Å²) in [6.45, 7) is -0.0406. The van der Waals surface area contributed by atoms with E-state index in [1.54, 1.807) is 0 Å². The Morgan fingerprint density at radius 3 is 2.32 bits per heavy atom. The van der Waals surface area contributed by atoms with Gasteiger partial charge < -0.3 is 5.32 Å². The lowest BCUT2D eigenvalue weighted by Gasteiger charge is -2.09. The summed E-state index contributed by atoms with van der Waals surface area (Å²) in [5.41, 5.74) is 0.207. The highest BCUT2D eigenvalue weighted by atomic mass is 79.9. The number of rotatable bonds is 3. The maximum Gasteiger partial charge on any atom is 0.149 e. The maximum absolute atomic E-state index is 13.4. The molecule has 0 radical (unpaired) electrons. The monoisotopic (exact) mass is 333 g/mol. The molecule has 0 bridgehead atoms. The lowest BCUT2D eigenvalue weighted by atomic mass is 10.2. The summed E-state index contributed by atoms with van der Waals surface area (Å²) in [6.07, 6.45) is 0. The molecule has 6 heteroatoms. The van der Waals surface area contributed by atoms with Gasteiger partial charge in [0.2, 0.25) is 0 Å². The van der Waals surface area contributed by atoms with Crippen LogP contribution in [0.2, 0.25) is 0 Å². The largest absolute Gasteiger partial charge is 0.378 e. The molecule has 0 aliphatic heterocycles. The molecule has 0 fully saturated rings. The minimum absolute atomic E-state index is 0.0250. The van der Waals surface area contributed by atoms with E-state index < -0.39 is 23.3 Å². The second-order valence-corrected chi connectivity index (χ2v) is 4.69. The van der Waals surface area contributed by atoms with Crippen molar-refractivity contribution in [1.29, 1.82) is 0 Å². The van der Waals surface area contributed by atoms with Crippen molar-refractivity contribution in [1.82, 2.24) is 0 Å². The maximum atomic E-state index is 13.4. The Balaban J connectivity index is 2.16. The molecule has 0 aliphatic carbocycles. The van der Waals surface area contributed by atoms with Gasteiger partial charge in [0.25, 0.3) is 0 Å². The fourth-order valence-corrected chi connectivity index (χ4v) is 1.86. The summed E-state index contributed by atoms with van der Waals surface area (Å²) < 4.78 is 52.6. The van der Waals surface area contributed by atoms with Crippen LogP contribution >= 0.6 is 15.9 Å². The molecule has 2 aromatic carbocycles. The first-order chi connectivity index (χ1) is 8.97. The van der Waals surface area contributed by atoms with Crippen molar-refractivity contribution in [3.63, 3.8) is 0 Å². The van der Waals surface area contributed by atoms with Gasteiger partial charge in [-0.2, -0.15) is 0 Å². The van der Waals surface area contributed by atoms with Gasteiger partial charge in [-0.15, -0.1) is 0 Å². The Morgan fingerprint density at radius 2 is 1.63 bits per heavy atom. The summed E-state index contributed by atoms with van der Waals surface area (Å²) >= 11 is 2.93. The third-order valence-corrected chi connectivity index (χ3v) is 3.10. The Labute approximate surface area is 115 Å². The molecule has 0 unspecified atom stereocenters. The first kappa shape index (κ1) is 13.9. The normalized spacial score (nSPS) is 10.6. The number of benzene rings is 2. The van der Waals surface area contributed by atoms with Gasteiger partial charge in [0.05, 0.1) is 10.2 Å². The topological polar surface area (TPSA) is 12.0 Å². The van der Waals surface area contributed by atoms with Crippen molar-refractivity contribution < 1.29 is 17.6 Å². The number of halogens is 5. The zero-order valence-corrected chi connectivity index (χ0v) is 11.1. The predicted molar refractivity (Wildman–Crippen MR) is 67.7 cm³/mol. The fourth-order valence-electron chi connectivity index (χ4n) is 1.51. The zero-order valence-electron chi connectivity index (χ0n) is 9.48. The van der Waals surface area contributed by atoms with Crippen molar-refractivity contribution >= 4 is 21.6 Å². The van der Waals surface area contributed by atoms with Gasteiger partial charge in [-0.05, 0) is 28.1 Å². The van der Waals surface area contributed by atoms with Gasteiger partial charge in [-0.25, -0.2) is 17.6 Å². The Morgan fingerprint density at radius 1 is 0.895 bits per heavy atom. The van der Waals surface area contributed by atoms with Crippen LogP contribution in [0.4, 0.5) is 23.2 Å². The smallest absolute Gasteiger partial charge is 0.149 e. The van der Waals surface area contributed by atoms with Crippen molar-refractivity contribution in [3.8, 4) is 0 Å². The molecule has 1 nitrogen and oxygen atoms in total. The molecule has 0 saturated carbocycles. The van der Waals surface area contributed by atoms with Crippen LogP contribution in [0, 0.1) is 23.3 Å². The molecule has 1 N–H and O–H groups in total. The summed E-state index contributed by atoms with van der Waals surface area (Å²) in [7, 11) is 0. The van der Waals surface area contributed by atoms with Crippen LogP contribution in [-0.4, -0.2) is 0 Å². The molecule has 0 aliphatic rings. The predicted octanol–water partition coefficient (Wildman–Crippen LogP) is 4.62. The van der Waals surface area contributed by atoms with Crippen LogP contribution in [-0.2, 0) is 6.54 Å². The quantitative estimate of drug-likeness (QED) is 0.638. The van der Waals surface area contributed by atoms with Crippen LogP contribution < -0.4 is 5.32 Å². The van der Waals surface area contributed by atoms with E-state index in [2.05, 4.69) is 21.2 Å². The average Bonchev–Trinajstić information content (AvgIpc) is 2.34. The summed E-state index contributed by atoms with van der Waals surface area (Å²) in [5.74, 6) is -2.93. The van der Waals surface area contributed by atoms with Gasteiger partial charge in [0.15, 0.2) is 0 Å². The molecular weight excluding hydrogens is 326 g/mol. The molecule has 100 valence electrons. The van der Waals surface area contributed by atoms with Crippen molar-refractivity contribution in [3.05, 3.63) is 63.6 Å². The van der Waals surface area contributed by atoms with E-state index in [4.69, 9.17) is 0 Å². The third kappa shape index (κ3) is 3.26. The van der Waals surface area contributed by atoms with E-state index in [1.165, 1.54) is 12.1 Å². The number of anilines is 1. The third-order valence-electron chi connectivity index (χ3n) is 2.49. The van der Waals surface area contributed by atoms with Crippen LogP contribution in [0.1, 0.15) is 5.56 Å². The van der Waals surface area contributed by atoms with Gasteiger partial charge in [0.1, 0.15) is 23.3 Å². The zero-order chi connectivity index (χ0) is 14.0. The minimum Gasteiger partial charge on any atom is -0.378 e. The number of hydrogen-bond acceptors (Lipinski definition) is 1. The van der Waals surface area contributed by atoms with E-state index in [0.717, 1.165) is 12.1 Å². The molecule has 0 saturated heterocycles. The molecule has 0 atom stereocenters. The van der Waals surface area contributed by atoms with Crippen LogP contribution in [0.25, 0.3) is 0 Å². The molecule has 2 aromatic rings. The van der Waals surface area contributed by atoms with E-state index in [1.807, 2.05) is 0 Å². The molecule has 0 amide bonds. The molecular formula is C13H8BrF4N. The summed E-state index contributed by atoms with van der Waals surface area (Å²) in [6, 6.07) is 5.04. The van der Waals surface area contributed by atoms with Crippen LogP contribution in [0.15, 0.2) is 34.8 Å². The molecule has 0 aromatic heterocycles. The second-order valence-electron chi connectivity index (χ2n) is 3.84. The fraction of sp³-hybridized carbons (Fsp3) is 0.0769. The first-order valence-electron chi connectivity index (χ1n) is 5.29. The van der Waals surface area contributed by atoms with Crippen molar-refractivity contribution in [2.24, 2.45) is 0 Å². The molecule has 0 heterocycles. The van der Waals surface area contributed by atoms with Crippen LogP contribution in [0.5, 0.6) is 0 Å². The molecule has 2 rings (SSSR count). The number of hydrogen-bond donors (Lipinski definition) is 1. The van der Waals surface area contributed by atoms with Gasteiger partial charge in [0, 0.05) is 24.2 Å². The summed E-state index contributed by atoms with van der Waals surface area (Å²) in [4.78, 5) is 0. The highest BCUT2D eigenvalue weighted by molar-refractivity contribution is 9.10. The van der Waals surface area contributed by atoms with Crippen LogP contribution in [0.3, 0.4) is 0 Å². The standard InChI is InChI=1S/C13H8BrF4N/c14-9-4-13(12(18)5-11(9)17)19-6-7-1-2-8(15)3-10(7)16/h1-5,19H,6H2. The highest BCUT2D eigenvalue weighted by Gasteiger charge is 2.09. The van der Waals surface area contributed by atoms with E-state index >= 15 is 0 Å². The van der Waals surface area contributed by atoms with Crippen molar-refractivity contribution in [2.75, 3.05) is 5.32 Å². The lowest BCUT2D eigenvalue weighted by molar-refractivity contribution is 0.571. The van der Waals surface area contributed by atoms with E-state index in [-0.39, 0.29) is 22.3 Å². The highest BCUT2D eigenvalue weighted by Crippen LogP contribution is 2.24. The first-order valence-corrected chi connectivity index (χ1v) is 6.09. The Kier molecular flexibility index (Phi) is 4.09. The molecule has 19 heavy (non-hydrogen) atoms. The lowest BCUT2D eigenvalue weighted by Crippen LogP contribution is -2.04. The number of nitrogens with one attached hydrogen (secondary N) is 1. The van der Waals surface area contributed by atoms with Gasteiger partial charge in [-0.3, -0.25) is 0 Å². The summed E-state index contributed by atoms with van der Waals surface area (Å²) in [5, 5.41) is 2.62. The average molecular weight is 334 g/mol. The van der Waals surface area contributed by atoms with Gasteiger partial charge in [-0.1, -0.05) is 6.07 Å². The molecule has 0 spiro atoms. The van der Waals surface area contributed by atoms with E-state index in [9.17, 15) is 17.6 Å².